The molecule has 0 fully saturated rings. The fourth-order valence-electron chi connectivity index (χ4n) is 1.26. The molecule has 0 unspecified atom stereocenters. The van der Waals surface area contributed by atoms with E-state index in [-0.39, 0.29) is 5.91 Å². The number of rotatable bonds is 11. The van der Waals surface area contributed by atoms with Crippen LogP contribution in [0.15, 0.2) is 0 Å². The maximum Gasteiger partial charge on any atom is 0.137 e. The van der Waals surface area contributed by atoms with E-state index in [9.17, 15) is 0 Å². The molecule has 0 aliphatic rings. The quantitative estimate of drug-likeness (QED) is 0.252. The normalized spacial score (nSPS) is 11.2. The predicted octanol–water partition coefficient (Wildman–Crippen LogP) is 3.42. The van der Waals surface area contributed by atoms with Crippen LogP contribution in [0, 0.1) is 0 Å². The first kappa shape index (κ1) is 15.6. The first-order chi connectivity index (χ1) is 7.35. The molecular formula is C11H23BrO2Si. The molecule has 2 nitrogen and oxygen atoms in total. The zero-order valence-corrected chi connectivity index (χ0v) is 12.5. The molecule has 4 heteroatoms. The van der Waals surface area contributed by atoms with Crippen LogP contribution in [0.4, 0.5) is 0 Å². The highest BCUT2D eigenvalue weighted by atomic mass is 79.9. The molecule has 0 N–H and O–H groups in total. The maximum atomic E-state index is 5.49. The van der Waals surface area contributed by atoms with Crippen LogP contribution in [-0.2, 0) is 9.47 Å². The third-order valence-electron chi connectivity index (χ3n) is 2.01. The van der Waals surface area contributed by atoms with E-state index < -0.39 is 0 Å². The van der Waals surface area contributed by atoms with Crippen LogP contribution in [0.2, 0.25) is 6.04 Å². The van der Waals surface area contributed by atoms with Crippen LogP contribution in [0.3, 0.4) is 0 Å². The van der Waals surface area contributed by atoms with E-state index in [0.717, 1.165) is 28.1 Å². The van der Waals surface area contributed by atoms with Crippen LogP contribution >= 0.6 is 15.9 Å². The van der Waals surface area contributed by atoms with Gasteiger partial charge in [0.25, 0.3) is 0 Å². The summed E-state index contributed by atoms with van der Waals surface area (Å²) in [6.07, 6.45) is 5.28. The zero-order chi connectivity index (χ0) is 11.4. The average molecular weight is 295 g/mol. The van der Waals surface area contributed by atoms with Crippen molar-refractivity contribution in [2.45, 2.75) is 51.5 Å². The highest BCUT2D eigenvalue weighted by molar-refractivity contribution is 9.09. The monoisotopic (exact) mass is 294 g/mol. The Morgan fingerprint density at radius 2 is 1.60 bits per heavy atom. The molecule has 0 aliphatic heterocycles. The Morgan fingerprint density at radius 1 is 1.00 bits per heavy atom. The molecule has 0 spiro atoms. The van der Waals surface area contributed by atoms with Gasteiger partial charge in [0, 0.05) is 18.5 Å². The molecule has 0 bridgehead atoms. The Balaban J connectivity index is 3.28. The van der Waals surface area contributed by atoms with Crippen molar-refractivity contribution in [3.8, 4) is 0 Å². The van der Waals surface area contributed by atoms with Gasteiger partial charge in [0.15, 0.2) is 0 Å². The van der Waals surface area contributed by atoms with E-state index in [2.05, 4.69) is 15.9 Å². The summed E-state index contributed by atoms with van der Waals surface area (Å²) in [6.45, 7) is 5.54. The Morgan fingerprint density at radius 3 is 2.13 bits per heavy atom. The molecule has 0 saturated carbocycles. The molecule has 0 amide bonds. The lowest BCUT2D eigenvalue weighted by Crippen LogP contribution is -2.24. The Hall–Kier alpha value is 0.617. The summed E-state index contributed by atoms with van der Waals surface area (Å²) in [6, 6.07) is 1.24. The van der Waals surface area contributed by atoms with E-state index in [1.807, 2.05) is 13.8 Å². The Kier molecular flexibility index (Phi) is 13.2. The summed E-state index contributed by atoms with van der Waals surface area (Å²) in [5.74, 6) is 0.0520. The van der Waals surface area contributed by atoms with Gasteiger partial charge in [-0.25, -0.2) is 0 Å². The molecule has 0 aromatic heterocycles. The van der Waals surface area contributed by atoms with E-state index in [1.165, 1.54) is 31.7 Å². The van der Waals surface area contributed by atoms with Gasteiger partial charge in [0.2, 0.25) is 0 Å². The van der Waals surface area contributed by atoms with Gasteiger partial charge >= 0.3 is 0 Å². The summed E-state index contributed by atoms with van der Waals surface area (Å²) < 4.78 is 11.0. The summed E-state index contributed by atoms with van der Waals surface area (Å²) in [5.41, 5.74) is 0. The van der Waals surface area contributed by atoms with Crippen LogP contribution < -0.4 is 0 Å². The van der Waals surface area contributed by atoms with E-state index in [0.29, 0.717) is 0 Å². The van der Waals surface area contributed by atoms with Crippen molar-refractivity contribution in [3.63, 3.8) is 0 Å². The van der Waals surface area contributed by atoms with Gasteiger partial charge < -0.3 is 9.47 Å². The fourth-order valence-corrected chi connectivity index (χ4v) is 2.92. The molecule has 0 aliphatic carbocycles. The first-order valence-electron chi connectivity index (χ1n) is 5.87. The third-order valence-corrected chi connectivity index (χ3v) is 3.88. The molecule has 2 radical (unpaired) electrons. The minimum Gasteiger partial charge on any atom is -0.357 e. The van der Waals surface area contributed by atoms with Crippen molar-refractivity contribution in [3.05, 3.63) is 0 Å². The van der Waals surface area contributed by atoms with Crippen molar-refractivity contribution < 1.29 is 9.47 Å². The fraction of sp³-hybridized carbons (Fsp3) is 1.00. The zero-order valence-electron chi connectivity index (χ0n) is 9.93. The van der Waals surface area contributed by atoms with Gasteiger partial charge in [-0.3, -0.25) is 0 Å². The minimum atomic E-state index is 0.0520. The van der Waals surface area contributed by atoms with E-state index in [4.69, 9.17) is 9.47 Å². The van der Waals surface area contributed by atoms with E-state index >= 15 is 0 Å². The van der Waals surface area contributed by atoms with Gasteiger partial charge in [-0.05, 0) is 20.3 Å². The molecule has 15 heavy (non-hydrogen) atoms. The molecular weight excluding hydrogens is 272 g/mol. The third kappa shape index (κ3) is 10.9. The summed E-state index contributed by atoms with van der Waals surface area (Å²) >= 11 is 3.44. The summed E-state index contributed by atoms with van der Waals surface area (Å²) in [7, 11) is 0.793. The first-order valence-corrected chi connectivity index (χ1v) is 8.28. The smallest absolute Gasteiger partial charge is 0.137 e. The number of hydrogen-bond acceptors (Lipinski definition) is 2. The molecule has 90 valence electrons. The van der Waals surface area contributed by atoms with Gasteiger partial charge in [0.05, 0.1) is 0 Å². The number of hydrogen-bond donors (Lipinski definition) is 0. The minimum absolute atomic E-state index is 0.0520. The largest absolute Gasteiger partial charge is 0.357 e. The lowest BCUT2D eigenvalue weighted by molar-refractivity contribution is -0.0827. The van der Waals surface area contributed by atoms with Gasteiger partial charge in [-0.1, -0.05) is 41.2 Å². The maximum absolute atomic E-state index is 5.49. The Labute approximate surface area is 105 Å². The second-order valence-corrected chi connectivity index (χ2v) is 5.47. The number of halogens is 1. The van der Waals surface area contributed by atoms with Crippen LogP contribution in [0.1, 0.15) is 39.5 Å². The standard InChI is InChI=1S/C11H23BrO2Si/c1-3-13-11(14-4-2)15-10-8-6-5-7-9-12/h11H,3-10H2,1-2H3. The highest BCUT2D eigenvalue weighted by Crippen LogP contribution is 2.06. The topological polar surface area (TPSA) is 18.5 Å². The average Bonchev–Trinajstić information content (AvgIpc) is 2.24. The predicted molar refractivity (Wildman–Crippen MR) is 69.9 cm³/mol. The number of alkyl halides is 1. The van der Waals surface area contributed by atoms with Crippen LogP contribution in [0.25, 0.3) is 0 Å². The molecule has 0 heterocycles. The van der Waals surface area contributed by atoms with Gasteiger partial charge in [-0.2, -0.15) is 0 Å². The summed E-state index contributed by atoms with van der Waals surface area (Å²) in [5, 5.41) is 1.13. The van der Waals surface area contributed by atoms with Crippen molar-refractivity contribution >= 4 is 25.4 Å². The number of unbranched alkanes of at least 4 members (excludes halogenated alkanes) is 3. The van der Waals surface area contributed by atoms with Crippen molar-refractivity contribution in [1.82, 2.24) is 0 Å². The molecule has 0 atom stereocenters. The molecule has 0 aromatic carbocycles. The number of ether oxygens (including phenoxy) is 2. The van der Waals surface area contributed by atoms with E-state index in [1.54, 1.807) is 0 Å². The van der Waals surface area contributed by atoms with Crippen molar-refractivity contribution in [2.75, 3.05) is 18.5 Å². The van der Waals surface area contributed by atoms with Crippen LogP contribution in [0.5, 0.6) is 0 Å². The lowest BCUT2D eigenvalue weighted by atomic mass is 10.2. The lowest BCUT2D eigenvalue weighted by Gasteiger charge is -2.15. The second-order valence-electron chi connectivity index (χ2n) is 3.30. The molecule has 0 rings (SSSR count). The SMILES string of the molecule is CCOC(OCC)[Si]CCCCCCBr. The molecule has 0 aromatic rings. The van der Waals surface area contributed by atoms with Crippen molar-refractivity contribution in [1.29, 1.82) is 0 Å². The van der Waals surface area contributed by atoms with Gasteiger partial charge in [0.1, 0.15) is 15.4 Å². The molecule has 0 saturated heterocycles. The Bertz CT molecular complexity index is 119. The van der Waals surface area contributed by atoms with Crippen LogP contribution in [-0.4, -0.2) is 34.0 Å². The van der Waals surface area contributed by atoms with Gasteiger partial charge in [-0.15, -0.1) is 0 Å². The second kappa shape index (κ2) is 12.7. The summed E-state index contributed by atoms with van der Waals surface area (Å²) in [4.78, 5) is 0. The highest BCUT2D eigenvalue weighted by Gasteiger charge is 2.07. The van der Waals surface area contributed by atoms with Crippen molar-refractivity contribution in [2.24, 2.45) is 0 Å².